The number of fused-ring (bicyclic) bond motifs is 1. The highest BCUT2D eigenvalue weighted by atomic mass is 35.5. The van der Waals surface area contributed by atoms with E-state index in [0.29, 0.717) is 22.0 Å². The maximum atomic E-state index is 12.9. The summed E-state index contributed by atoms with van der Waals surface area (Å²) in [7, 11) is -0.0862. The molecule has 0 saturated carbocycles. The Kier molecular flexibility index (Phi) is 6.28. The quantitative estimate of drug-likeness (QED) is 0.546. The number of halogens is 1. The lowest BCUT2D eigenvalue weighted by molar-refractivity contribution is -0.122. The molecule has 0 N–H and O–H groups in total. The molecular weight excluding hydrogens is 478 g/mol. The van der Waals surface area contributed by atoms with Gasteiger partial charge in [-0.15, -0.1) is 11.3 Å². The van der Waals surface area contributed by atoms with Crippen molar-refractivity contribution in [1.29, 1.82) is 0 Å². The zero-order chi connectivity index (χ0) is 22.3. The van der Waals surface area contributed by atoms with E-state index < -0.39 is 10.0 Å². The van der Waals surface area contributed by atoms with E-state index in [1.165, 1.54) is 21.7 Å². The third-order valence-electron chi connectivity index (χ3n) is 5.48. The summed E-state index contributed by atoms with van der Waals surface area (Å²) >= 11 is 8.39. The fourth-order valence-electron chi connectivity index (χ4n) is 3.71. The van der Waals surface area contributed by atoms with Gasteiger partial charge in [-0.1, -0.05) is 29.0 Å². The van der Waals surface area contributed by atoms with Crippen LogP contribution in [-0.2, 0) is 21.9 Å². The second-order valence-corrected chi connectivity index (χ2v) is 12.3. The predicted octanol–water partition coefficient (Wildman–Crippen LogP) is 3.80. The van der Waals surface area contributed by atoms with Crippen LogP contribution in [0.15, 0.2) is 33.5 Å². The SMILES string of the molecule is COc1ccc(C)c2sc(=NC(=O)C3CCN(S(=O)(=O)c4ccc(Cl)s4)CC3)n(C)c12. The van der Waals surface area contributed by atoms with Gasteiger partial charge in [0.25, 0.3) is 15.9 Å². The molecule has 31 heavy (non-hydrogen) atoms. The molecule has 1 saturated heterocycles. The number of amides is 1. The molecule has 0 aliphatic carbocycles. The molecule has 7 nitrogen and oxygen atoms in total. The Morgan fingerprint density at radius 3 is 2.52 bits per heavy atom. The fraction of sp³-hybridized carbons (Fsp3) is 0.400. The molecule has 0 atom stereocenters. The van der Waals surface area contributed by atoms with Gasteiger partial charge >= 0.3 is 0 Å². The van der Waals surface area contributed by atoms with Crippen LogP contribution in [-0.4, -0.2) is 43.4 Å². The lowest BCUT2D eigenvalue weighted by Gasteiger charge is -2.29. The van der Waals surface area contributed by atoms with Gasteiger partial charge in [0.1, 0.15) is 15.5 Å². The number of sulfonamides is 1. The molecule has 2 aromatic heterocycles. The molecule has 0 radical (unpaired) electrons. The molecule has 0 bridgehead atoms. The van der Waals surface area contributed by atoms with E-state index in [0.717, 1.165) is 32.9 Å². The Morgan fingerprint density at radius 2 is 1.90 bits per heavy atom. The van der Waals surface area contributed by atoms with Crippen LogP contribution in [0.1, 0.15) is 18.4 Å². The second-order valence-electron chi connectivity index (χ2n) is 7.39. The Bertz CT molecular complexity index is 1320. The van der Waals surface area contributed by atoms with Gasteiger partial charge in [-0.05, 0) is 43.5 Å². The Morgan fingerprint density at radius 1 is 1.19 bits per heavy atom. The summed E-state index contributed by atoms with van der Waals surface area (Å²) in [5.41, 5.74) is 2.01. The molecule has 1 aliphatic heterocycles. The third-order valence-corrected chi connectivity index (χ3v) is 10.3. The van der Waals surface area contributed by atoms with E-state index in [9.17, 15) is 13.2 Å². The summed E-state index contributed by atoms with van der Waals surface area (Å²) in [4.78, 5) is 17.9. The highest BCUT2D eigenvalue weighted by molar-refractivity contribution is 7.91. The Balaban J connectivity index is 1.54. The van der Waals surface area contributed by atoms with Crippen molar-refractivity contribution < 1.29 is 17.9 Å². The van der Waals surface area contributed by atoms with Gasteiger partial charge < -0.3 is 9.30 Å². The fourth-order valence-corrected chi connectivity index (χ4v) is 7.93. The number of thiazole rings is 1. The number of carbonyl (C=O) groups excluding carboxylic acids is 1. The van der Waals surface area contributed by atoms with E-state index >= 15 is 0 Å². The number of rotatable bonds is 4. The van der Waals surface area contributed by atoms with Gasteiger partial charge in [0.2, 0.25) is 0 Å². The van der Waals surface area contributed by atoms with Gasteiger partial charge in [0, 0.05) is 26.1 Å². The van der Waals surface area contributed by atoms with Gasteiger partial charge in [0.05, 0.1) is 16.1 Å². The molecule has 11 heteroatoms. The lowest BCUT2D eigenvalue weighted by atomic mass is 9.98. The average molecular weight is 500 g/mol. The van der Waals surface area contributed by atoms with Crippen LogP contribution in [0.4, 0.5) is 0 Å². The topological polar surface area (TPSA) is 81.0 Å². The number of aromatic nitrogens is 1. The molecule has 1 fully saturated rings. The first kappa shape index (κ1) is 22.5. The van der Waals surface area contributed by atoms with Crippen LogP contribution >= 0.6 is 34.3 Å². The summed E-state index contributed by atoms with van der Waals surface area (Å²) in [5.74, 6) is 0.224. The van der Waals surface area contributed by atoms with Crippen LogP contribution in [0, 0.1) is 12.8 Å². The number of methoxy groups -OCH3 is 1. The maximum absolute atomic E-state index is 12.9. The summed E-state index contributed by atoms with van der Waals surface area (Å²) in [6.45, 7) is 2.59. The number of piperidine rings is 1. The second kappa shape index (κ2) is 8.67. The number of nitrogens with zero attached hydrogens (tertiary/aromatic N) is 3. The number of hydrogen-bond acceptors (Lipinski definition) is 6. The van der Waals surface area contributed by atoms with Crippen molar-refractivity contribution in [2.45, 2.75) is 24.0 Å². The zero-order valence-electron chi connectivity index (χ0n) is 17.3. The summed E-state index contributed by atoms with van der Waals surface area (Å²) in [6, 6.07) is 7.00. The first-order valence-corrected chi connectivity index (χ1v) is 13.1. The van der Waals surface area contributed by atoms with Crippen LogP contribution in [0.3, 0.4) is 0 Å². The molecule has 0 spiro atoms. The van der Waals surface area contributed by atoms with Crippen molar-refractivity contribution in [3.63, 3.8) is 0 Å². The van der Waals surface area contributed by atoms with Crippen LogP contribution < -0.4 is 9.54 Å². The first-order chi connectivity index (χ1) is 14.7. The minimum atomic E-state index is -3.58. The molecule has 4 rings (SSSR count). The van der Waals surface area contributed by atoms with E-state index in [-0.39, 0.29) is 29.1 Å². The van der Waals surface area contributed by atoms with Crippen LogP contribution in [0.2, 0.25) is 4.34 Å². The standard InChI is InChI=1S/C20H22ClN3O4S3/c1-12-4-5-14(28-3)17-18(12)30-20(23(17)2)22-19(25)13-8-10-24(11-9-13)31(26,27)16-7-6-15(21)29-16/h4-7,13H,8-11H2,1-3H3. The molecule has 3 heterocycles. The number of aryl methyl sites for hydroxylation is 2. The van der Waals surface area contributed by atoms with Crippen molar-refractivity contribution in [3.05, 3.63) is 39.0 Å². The highest BCUT2D eigenvalue weighted by Gasteiger charge is 2.33. The number of carbonyl (C=O) groups is 1. The van der Waals surface area contributed by atoms with Gasteiger partial charge in [-0.25, -0.2) is 8.42 Å². The zero-order valence-corrected chi connectivity index (χ0v) is 20.5. The molecule has 0 unspecified atom stereocenters. The highest BCUT2D eigenvalue weighted by Crippen LogP contribution is 2.32. The first-order valence-electron chi connectivity index (χ1n) is 9.69. The number of ether oxygens (including phenoxy) is 1. The number of hydrogen-bond donors (Lipinski definition) is 0. The van der Waals surface area contributed by atoms with E-state index in [1.807, 2.05) is 30.7 Å². The molecule has 1 aliphatic rings. The average Bonchev–Trinajstić information content (AvgIpc) is 3.34. The molecule has 166 valence electrons. The van der Waals surface area contributed by atoms with Crippen molar-refractivity contribution >= 4 is 60.4 Å². The largest absolute Gasteiger partial charge is 0.495 e. The van der Waals surface area contributed by atoms with E-state index in [2.05, 4.69) is 4.99 Å². The van der Waals surface area contributed by atoms with Gasteiger partial charge in [-0.2, -0.15) is 9.30 Å². The van der Waals surface area contributed by atoms with Gasteiger partial charge in [0.15, 0.2) is 4.80 Å². The van der Waals surface area contributed by atoms with Crippen molar-refractivity contribution in [3.8, 4) is 5.75 Å². The minimum Gasteiger partial charge on any atom is -0.495 e. The van der Waals surface area contributed by atoms with Crippen molar-refractivity contribution in [2.24, 2.45) is 18.0 Å². The van der Waals surface area contributed by atoms with Crippen LogP contribution in [0.25, 0.3) is 10.2 Å². The minimum absolute atomic E-state index is 0.213. The Labute approximate surface area is 193 Å². The van der Waals surface area contributed by atoms with E-state index in [1.54, 1.807) is 13.2 Å². The van der Waals surface area contributed by atoms with Crippen molar-refractivity contribution in [1.82, 2.24) is 8.87 Å². The van der Waals surface area contributed by atoms with Gasteiger partial charge in [-0.3, -0.25) is 4.79 Å². The lowest BCUT2D eigenvalue weighted by Crippen LogP contribution is -2.40. The van der Waals surface area contributed by atoms with E-state index in [4.69, 9.17) is 16.3 Å². The number of thiophene rings is 1. The molecule has 3 aromatic rings. The monoisotopic (exact) mass is 499 g/mol. The Hall–Kier alpha value is -1.72. The summed E-state index contributed by atoms with van der Waals surface area (Å²) < 4.78 is 36.0. The van der Waals surface area contributed by atoms with Crippen LogP contribution in [0.5, 0.6) is 5.75 Å². The smallest absolute Gasteiger partial charge is 0.252 e. The molecular formula is C20H22ClN3O4S3. The molecule has 1 aromatic carbocycles. The van der Waals surface area contributed by atoms with Crippen molar-refractivity contribution in [2.75, 3.05) is 20.2 Å². The molecule has 1 amide bonds. The maximum Gasteiger partial charge on any atom is 0.252 e. The third kappa shape index (κ3) is 4.19. The number of benzene rings is 1. The summed E-state index contributed by atoms with van der Waals surface area (Å²) in [5, 5.41) is 0. The normalized spacial score (nSPS) is 16.8. The predicted molar refractivity (Wildman–Crippen MR) is 123 cm³/mol. The summed E-state index contributed by atoms with van der Waals surface area (Å²) in [6.07, 6.45) is 0.884.